The Morgan fingerprint density at radius 2 is 2.00 bits per heavy atom. The summed E-state index contributed by atoms with van der Waals surface area (Å²) in [6.07, 6.45) is 4.88. The number of nitrogens with one attached hydrogen (secondary N) is 2. The Morgan fingerprint density at radius 3 is 2.74 bits per heavy atom. The summed E-state index contributed by atoms with van der Waals surface area (Å²) in [6.45, 7) is 3.28. The Kier molecular flexibility index (Phi) is 4.71. The number of piperidine rings is 1. The second-order valence-corrected chi connectivity index (χ2v) is 7.10. The molecule has 0 saturated carbocycles. The number of amides is 2. The normalized spacial score (nSPS) is 15.2. The highest BCUT2D eigenvalue weighted by molar-refractivity contribution is 5.94. The van der Waals surface area contributed by atoms with E-state index in [2.05, 4.69) is 10.3 Å². The number of furan rings is 1. The smallest absolute Gasteiger partial charge is 0.257 e. The molecular formula is C21H23N3O3. The lowest BCUT2D eigenvalue weighted by molar-refractivity contribution is -0.121. The quantitative estimate of drug-likeness (QED) is 0.746. The van der Waals surface area contributed by atoms with Crippen molar-refractivity contribution in [2.75, 3.05) is 13.1 Å². The summed E-state index contributed by atoms with van der Waals surface area (Å²) in [5.74, 6) is 0.0189. The minimum absolute atomic E-state index is 0.0112. The molecule has 1 saturated heterocycles. The number of aromatic amines is 1. The van der Waals surface area contributed by atoms with Crippen LogP contribution in [0.25, 0.3) is 10.9 Å². The SMILES string of the molecule is Cc1[nH]c2ccccc2c1CC(=O)NC1CCN(C(=O)c2ccoc2)CC1. The van der Waals surface area contributed by atoms with Crippen LogP contribution in [0.5, 0.6) is 0 Å². The van der Waals surface area contributed by atoms with Gasteiger partial charge in [-0.2, -0.15) is 0 Å². The molecule has 6 nitrogen and oxygen atoms in total. The Balaban J connectivity index is 1.33. The fourth-order valence-corrected chi connectivity index (χ4v) is 3.80. The number of carbonyl (C=O) groups is 2. The summed E-state index contributed by atoms with van der Waals surface area (Å²) >= 11 is 0. The molecule has 0 atom stereocenters. The molecule has 1 fully saturated rings. The van der Waals surface area contributed by atoms with Crippen molar-refractivity contribution in [1.82, 2.24) is 15.2 Å². The standard InChI is InChI=1S/C21H23N3O3/c1-14-18(17-4-2-3-5-19(17)22-14)12-20(25)23-16-6-9-24(10-7-16)21(26)15-8-11-27-13-15/h2-5,8,11,13,16,22H,6-7,9-10,12H2,1H3,(H,23,25). The first-order valence-corrected chi connectivity index (χ1v) is 9.29. The number of aromatic nitrogens is 1. The van der Waals surface area contributed by atoms with Crippen molar-refractivity contribution in [1.29, 1.82) is 0 Å². The average molecular weight is 365 g/mol. The number of hydrogen-bond acceptors (Lipinski definition) is 3. The molecule has 4 rings (SSSR count). The van der Waals surface area contributed by atoms with Gasteiger partial charge in [0, 0.05) is 35.7 Å². The van der Waals surface area contributed by atoms with Crippen LogP contribution in [0.4, 0.5) is 0 Å². The number of hydrogen-bond donors (Lipinski definition) is 2. The van der Waals surface area contributed by atoms with Gasteiger partial charge < -0.3 is 19.6 Å². The van der Waals surface area contributed by atoms with Gasteiger partial charge in [0.1, 0.15) is 6.26 Å². The Bertz CT molecular complexity index is 950. The molecule has 1 aliphatic heterocycles. The number of benzene rings is 1. The first kappa shape index (κ1) is 17.4. The molecule has 1 aliphatic rings. The highest BCUT2D eigenvalue weighted by Crippen LogP contribution is 2.22. The fourth-order valence-electron chi connectivity index (χ4n) is 3.80. The van der Waals surface area contributed by atoms with Gasteiger partial charge in [0.2, 0.25) is 5.91 Å². The van der Waals surface area contributed by atoms with Crippen molar-refractivity contribution in [3.63, 3.8) is 0 Å². The molecule has 27 heavy (non-hydrogen) atoms. The fraction of sp³-hybridized carbons (Fsp3) is 0.333. The summed E-state index contributed by atoms with van der Waals surface area (Å²) in [6, 6.07) is 9.83. The van der Waals surface area contributed by atoms with Crippen LogP contribution in [-0.4, -0.2) is 40.8 Å². The zero-order valence-corrected chi connectivity index (χ0v) is 15.3. The monoisotopic (exact) mass is 365 g/mol. The summed E-state index contributed by atoms with van der Waals surface area (Å²) in [5, 5.41) is 4.24. The summed E-state index contributed by atoms with van der Waals surface area (Å²) in [5.41, 5.74) is 3.72. The summed E-state index contributed by atoms with van der Waals surface area (Å²) < 4.78 is 4.98. The Hall–Kier alpha value is -3.02. The van der Waals surface area contributed by atoms with E-state index in [0.29, 0.717) is 25.1 Å². The first-order valence-electron chi connectivity index (χ1n) is 9.29. The van der Waals surface area contributed by atoms with Gasteiger partial charge in [0.15, 0.2) is 0 Å². The highest BCUT2D eigenvalue weighted by atomic mass is 16.3. The number of H-pyrrole nitrogens is 1. The Labute approximate surface area is 157 Å². The lowest BCUT2D eigenvalue weighted by atomic mass is 10.0. The summed E-state index contributed by atoms with van der Waals surface area (Å²) in [4.78, 5) is 30.0. The van der Waals surface area contributed by atoms with Crippen molar-refractivity contribution >= 4 is 22.7 Å². The zero-order valence-electron chi connectivity index (χ0n) is 15.3. The van der Waals surface area contributed by atoms with E-state index in [4.69, 9.17) is 4.42 Å². The lowest BCUT2D eigenvalue weighted by Crippen LogP contribution is -2.46. The van der Waals surface area contributed by atoms with Gasteiger partial charge in [-0.05, 0) is 37.5 Å². The van der Waals surface area contributed by atoms with Gasteiger partial charge in [-0.1, -0.05) is 18.2 Å². The molecule has 2 aromatic heterocycles. The van der Waals surface area contributed by atoms with Crippen molar-refractivity contribution < 1.29 is 14.0 Å². The van der Waals surface area contributed by atoms with Crippen LogP contribution in [-0.2, 0) is 11.2 Å². The minimum atomic E-state index is -0.0112. The van der Waals surface area contributed by atoms with Crippen LogP contribution in [0, 0.1) is 6.92 Å². The third kappa shape index (κ3) is 3.60. The Morgan fingerprint density at radius 1 is 1.22 bits per heavy atom. The second-order valence-electron chi connectivity index (χ2n) is 7.10. The van der Waals surface area contributed by atoms with Gasteiger partial charge in [-0.3, -0.25) is 9.59 Å². The largest absolute Gasteiger partial charge is 0.472 e. The maximum Gasteiger partial charge on any atom is 0.257 e. The molecule has 3 heterocycles. The topological polar surface area (TPSA) is 78.3 Å². The van der Waals surface area contributed by atoms with E-state index < -0.39 is 0 Å². The third-order valence-corrected chi connectivity index (χ3v) is 5.28. The van der Waals surface area contributed by atoms with Crippen LogP contribution in [0.3, 0.4) is 0 Å². The maximum atomic E-state index is 12.6. The van der Waals surface area contributed by atoms with Crippen LogP contribution in [0.1, 0.15) is 34.5 Å². The van der Waals surface area contributed by atoms with Crippen LogP contribution in [0.2, 0.25) is 0 Å². The molecule has 3 aromatic rings. The molecule has 2 amide bonds. The van der Waals surface area contributed by atoms with Crippen molar-refractivity contribution in [2.24, 2.45) is 0 Å². The molecule has 0 spiro atoms. The van der Waals surface area contributed by atoms with Gasteiger partial charge in [0.05, 0.1) is 18.2 Å². The molecule has 0 unspecified atom stereocenters. The number of carbonyl (C=O) groups excluding carboxylic acids is 2. The van der Waals surface area contributed by atoms with Crippen molar-refractivity contribution in [3.05, 3.63) is 59.7 Å². The van der Waals surface area contributed by atoms with E-state index >= 15 is 0 Å². The minimum Gasteiger partial charge on any atom is -0.472 e. The van der Waals surface area contributed by atoms with Crippen LogP contribution < -0.4 is 5.32 Å². The van der Waals surface area contributed by atoms with Gasteiger partial charge in [-0.15, -0.1) is 0 Å². The van der Waals surface area contributed by atoms with Crippen LogP contribution >= 0.6 is 0 Å². The molecule has 1 aromatic carbocycles. The average Bonchev–Trinajstić information content (AvgIpc) is 3.31. The molecule has 2 N–H and O–H groups in total. The van der Waals surface area contributed by atoms with E-state index in [1.165, 1.54) is 12.5 Å². The molecular weight excluding hydrogens is 342 g/mol. The number of para-hydroxylation sites is 1. The maximum absolute atomic E-state index is 12.6. The van der Waals surface area contributed by atoms with Crippen LogP contribution in [0.15, 0.2) is 47.3 Å². The van der Waals surface area contributed by atoms with E-state index in [1.807, 2.05) is 36.1 Å². The van der Waals surface area contributed by atoms with Gasteiger partial charge >= 0.3 is 0 Å². The predicted molar refractivity (Wildman–Crippen MR) is 103 cm³/mol. The molecule has 0 aliphatic carbocycles. The van der Waals surface area contributed by atoms with Gasteiger partial charge in [0.25, 0.3) is 5.91 Å². The van der Waals surface area contributed by atoms with Crippen molar-refractivity contribution in [3.8, 4) is 0 Å². The number of rotatable bonds is 4. The molecule has 6 heteroatoms. The van der Waals surface area contributed by atoms with E-state index in [9.17, 15) is 9.59 Å². The molecule has 0 bridgehead atoms. The number of likely N-dealkylation sites (tertiary alicyclic amines) is 1. The highest BCUT2D eigenvalue weighted by Gasteiger charge is 2.25. The summed E-state index contributed by atoms with van der Waals surface area (Å²) in [7, 11) is 0. The van der Waals surface area contributed by atoms with Crippen molar-refractivity contribution in [2.45, 2.75) is 32.2 Å². The first-order chi connectivity index (χ1) is 13.1. The van der Waals surface area contributed by atoms with E-state index in [0.717, 1.165) is 35.0 Å². The number of fused-ring (bicyclic) bond motifs is 1. The number of aryl methyl sites for hydroxylation is 1. The van der Waals surface area contributed by atoms with E-state index in [1.54, 1.807) is 6.07 Å². The van der Waals surface area contributed by atoms with Gasteiger partial charge in [-0.25, -0.2) is 0 Å². The lowest BCUT2D eigenvalue weighted by Gasteiger charge is -2.32. The molecule has 140 valence electrons. The second kappa shape index (κ2) is 7.31. The number of nitrogens with zero attached hydrogens (tertiary/aromatic N) is 1. The zero-order chi connectivity index (χ0) is 18.8. The third-order valence-electron chi connectivity index (χ3n) is 5.28. The van der Waals surface area contributed by atoms with E-state index in [-0.39, 0.29) is 17.9 Å². The molecule has 0 radical (unpaired) electrons. The predicted octanol–water partition coefficient (Wildman–Crippen LogP) is 3.03.